The Morgan fingerprint density at radius 3 is 2.38 bits per heavy atom. The van der Waals surface area contributed by atoms with E-state index in [9.17, 15) is 32.7 Å². The van der Waals surface area contributed by atoms with Crippen molar-refractivity contribution in [2.24, 2.45) is 17.3 Å². The number of hydrogen-bond acceptors (Lipinski definition) is 10. The lowest BCUT2D eigenvalue weighted by Gasteiger charge is -2.44. The molecule has 0 aliphatic carbocycles. The second-order valence-corrected chi connectivity index (χ2v) is 18.2. The van der Waals surface area contributed by atoms with Gasteiger partial charge in [0.15, 0.2) is 0 Å². The zero-order valence-electron chi connectivity index (χ0n) is 36.4. The van der Waals surface area contributed by atoms with Crippen LogP contribution in [-0.2, 0) is 19.1 Å². The van der Waals surface area contributed by atoms with Gasteiger partial charge >= 0.3 is 12.5 Å². The molecule has 17 heteroatoms. The topological polar surface area (TPSA) is 153 Å². The highest BCUT2D eigenvalue weighted by molar-refractivity contribution is 6.05. The first-order valence-corrected chi connectivity index (χ1v) is 22.1. The molecule has 0 radical (unpaired) electrons. The fourth-order valence-corrected chi connectivity index (χ4v) is 9.92. The summed E-state index contributed by atoms with van der Waals surface area (Å²) in [4.78, 5) is 56.1. The van der Waals surface area contributed by atoms with Crippen molar-refractivity contribution in [2.45, 2.75) is 77.4 Å². The molecule has 5 heterocycles. The SMILES string of the molecule is COC(=O)NC(C(=O)N1CC(C)CC1c1nc2c(ccc3cc(-c4ccc(N5CCN(C6CCN(C(=O)C(C)(C)CO)CC6)CC5)cc4OC(F)(F)F)ccc32)[nH]1)C1CCOCC1. The Labute approximate surface area is 365 Å². The second-order valence-electron chi connectivity index (χ2n) is 18.2. The van der Waals surface area contributed by atoms with Gasteiger partial charge in [0, 0.05) is 87.8 Å². The fraction of sp³-hybridized carbons (Fsp3) is 0.565. The van der Waals surface area contributed by atoms with Gasteiger partial charge in [-0.2, -0.15) is 0 Å². The summed E-state index contributed by atoms with van der Waals surface area (Å²) < 4.78 is 57.0. The van der Waals surface area contributed by atoms with Gasteiger partial charge in [-0.3, -0.25) is 14.5 Å². The number of rotatable bonds is 10. The number of anilines is 1. The van der Waals surface area contributed by atoms with Gasteiger partial charge in [0.1, 0.15) is 17.6 Å². The highest BCUT2D eigenvalue weighted by Gasteiger charge is 2.42. The summed E-state index contributed by atoms with van der Waals surface area (Å²) in [7, 11) is 1.28. The van der Waals surface area contributed by atoms with Crippen LogP contribution in [-0.4, -0.2) is 139 Å². The molecule has 0 spiro atoms. The maximum atomic E-state index is 14.3. The molecule has 3 atom stereocenters. The van der Waals surface area contributed by atoms with Gasteiger partial charge in [-0.05, 0) is 93.0 Å². The molecule has 3 amide bonds. The quantitative estimate of drug-likeness (QED) is 0.162. The number of piperidine rings is 1. The van der Waals surface area contributed by atoms with Gasteiger partial charge in [0.25, 0.3) is 0 Å². The van der Waals surface area contributed by atoms with Crippen LogP contribution in [0.5, 0.6) is 5.75 Å². The molecule has 0 bridgehead atoms. The monoisotopic (exact) mass is 877 g/mol. The Kier molecular flexibility index (Phi) is 12.8. The Balaban J connectivity index is 0.992. The van der Waals surface area contributed by atoms with E-state index in [1.165, 1.54) is 13.2 Å². The van der Waals surface area contributed by atoms with Gasteiger partial charge in [-0.25, -0.2) is 9.78 Å². The molecular formula is C46H58F3N7O7. The average Bonchev–Trinajstić information content (AvgIpc) is 3.91. The van der Waals surface area contributed by atoms with E-state index in [2.05, 4.69) is 31.8 Å². The summed E-state index contributed by atoms with van der Waals surface area (Å²) in [5, 5.41) is 14.0. The number of hydrogen-bond donors (Lipinski definition) is 3. The van der Waals surface area contributed by atoms with E-state index in [0.717, 1.165) is 42.2 Å². The van der Waals surface area contributed by atoms with Crippen molar-refractivity contribution >= 4 is 45.4 Å². The molecule has 4 aromatic rings. The van der Waals surface area contributed by atoms with Gasteiger partial charge in [0.2, 0.25) is 11.8 Å². The molecule has 4 aliphatic rings. The molecular weight excluding hydrogens is 820 g/mol. The Morgan fingerprint density at radius 2 is 1.70 bits per heavy atom. The summed E-state index contributed by atoms with van der Waals surface area (Å²) in [6, 6.07) is 13.5. The normalized spacial score (nSPS) is 21.6. The van der Waals surface area contributed by atoms with E-state index < -0.39 is 23.9 Å². The van der Waals surface area contributed by atoms with Gasteiger partial charge in [-0.1, -0.05) is 25.1 Å². The first-order valence-electron chi connectivity index (χ1n) is 22.1. The lowest BCUT2D eigenvalue weighted by Crippen LogP contribution is -2.55. The summed E-state index contributed by atoms with van der Waals surface area (Å²) >= 11 is 0. The van der Waals surface area contributed by atoms with Crippen molar-refractivity contribution in [3.05, 3.63) is 54.4 Å². The third kappa shape index (κ3) is 9.55. The first kappa shape index (κ1) is 44.5. The number of nitrogens with zero attached hydrogens (tertiary/aromatic N) is 5. The number of aromatic amines is 1. The molecule has 8 rings (SSSR count). The van der Waals surface area contributed by atoms with Crippen molar-refractivity contribution in [3.8, 4) is 16.9 Å². The number of halogens is 3. The van der Waals surface area contributed by atoms with Crippen LogP contribution in [0.15, 0.2) is 48.5 Å². The third-order valence-corrected chi connectivity index (χ3v) is 13.5. The number of carbonyl (C=O) groups excluding carboxylic acids is 3. The van der Waals surface area contributed by atoms with Crippen molar-refractivity contribution in [1.82, 2.24) is 30.0 Å². The third-order valence-electron chi connectivity index (χ3n) is 13.5. The van der Waals surface area contributed by atoms with Crippen LogP contribution in [0, 0.1) is 17.3 Å². The molecule has 0 saturated carbocycles. The predicted molar refractivity (Wildman–Crippen MR) is 231 cm³/mol. The minimum absolute atomic E-state index is 0.0359. The number of carbonyl (C=O) groups is 3. The molecule has 4 saturated heterocycles. The maximum absolute atomic E-state index is 14.3. The van der Waals surface area contributed by atoms with Crippen molar-refractivity contribution in [2.75, 3.05) is 77.6 Å². The molecule has 14 nitrogen and oxygen atoms in total. The van der Waals surface area contributed by atoms with Crippen LogP contribution in [0.25, 0.3) is 32.9 Å². The number of alkyl carbamates (subject to hydrolysis) is 1. The van der Waals surface area contributed by atoms with Crippen LogP contribution in [0.1, 0.15) is 64.7 Å². The largest absolute Gasteiger partial charge is 0.573 e. The summed E-state index contributed by atoms with van der Waals surface area (Å²) in [6.45, 7) is 10.9. The number of amides is 3. The van der Waals surface area contributed by atoms with E-state index in [-0.39, 0.29) is 42.0 Å². The number of fused-ring (bicyclic) bond motifs is 3. The number of imidazole rings is 1. The van der Waals surface area contributed by atoms with Crippen LogP contribution in [0.2, 0.25) is 0 Å². The van der Waals surface area contributed by atoms with Crippen molar-refractivity contribution in [3.63, 3.8) is 0 Å². The number of nitrogens with one attached hydrogen (secondary N) is 2. The first-order chi connectivity index (χ1) is 30.1. The minimum Gasteiger partial charge on any atom is -0.453 e. The molecule has 3 unspecified atom stereocenters. The van der Waals surface area contributed by atoms with E-state index in [4.69, 9.17) is 14.5 Å². The second kappa shape index (κ2) is 18.2. The maximum Gasteiger partial charge on any atom is 0.573 e. The minimum atomic E-state index is -4.91. The highest BCUT2D eigenvalue weighted by atomic mass is 19.4. The fourth-order valence-electron chi connectivity index (χ4n) is 9.92. The summed E-state index contributed by atoms with van der Waals surface area (Å²) in [5.41, 5.74) is 2.14. The molecule has 3 aromatic carbocycles. The number of H-pyrrole nitrogens is 1. The van der Waals surface area contributed by atoms with Gasteiger partial charge in [-0.15, -0.1) is 13.2 Å². The number of piperazine rings is 1. The van der Waals surface area contributed by atoms with Crippen molar-refractivity contribution < 1.29 is 46.9 Å². The number of aliphatic hydroxyl groups excluding tert-OH is 1. The van der Waals surface area contributed by atoms with Crippen LogP contribution in [0.4, 0.5) is 23.7 Å². The number of likely N-dealkylation sites (tertiary alicyclic amines) is 2. The highest BCUT2D eigenvalue weighted by Crippen LogP contribution is 2.41. The van der Waals surface area contributed by atoms with Gasteiger partial charge < -0.3 is 44.3 Å². The van der Waals surface area contributed by atoms with E-state index in [0.29, 0.717) is 99.4 Å². The van der Waals surface area contributed by atoms with E-state index in [1.54, 1.807) is 30.9 Å². The summed E-state index contributed by atoms with van der Waals surface area (Å²) in [5.74, 6) is 0.202. The smallest absolute Gasteiger partial charge is 0.453 e. The number of aliphatic hydroxyl groups is 1. The van der Waals surface area contributed by atoms with Crippen LogP contribution < -0.4 is 15.0 Å². The van der Waals surface area contributed by atoms with Crippen LogP contribution in [0.3, 0.4) is 0 Å². The molecule has 4 aliphatic heterocycles. The number of alkyl halides is 3. The standard InChI is InChI=1S/C46H58F3N7O7/c1-28-23-37(56(26-28)42(58)39(52-44(60)61-4)29-13-21-62-22-14-29)41-50-36-10-6-31-24-30(5-8-35(31)40(36)51-41)34-9-7-33(25-38(34)63-46(47,48)49)54-19-17-53(18-20-54)32-11-15-55(16-12-32)43(59)45(2,3)27-57/h5-10,24-25,28-29,32,37,39,57H,11-23,26-27H2,1-4H3,(H,50,51)(H,52,60). The molecule has 3 N–H and O–H groups in total. The zero-order chi connectivity index (χ0) is 44.6. The van der Waals surface area contributed by atoms with Crippen molar-refractivity contribution in [1.29, 1.82) is 0 Å². The number of ether oxygens (including phenoxy) is 3. The lowest BCUT2D eigenvalue weighted by atomic mass is 9.90. The van der Waals surface area contributed by atoms with E-state index in [1.807, 2.05) is 35.2 Å². The molecule has 340 valence electrons. The predicted octanol–water partition coefficient (Wildman–Crippen LogP) is 6.47. The Morgan fingerprint density at radius 1 is 0.968 bits per heavy atom. The average molecular weight is 878 g/mol. The van der Waals surface area contributed by atoms with Crippen LogP contribution >= 0.6 is 0 Å². The lowest BCUT2D eigenvalue weighted by molar-refractivity contribution is -0.274. The Hall–Kier alpha value is -5.13. The van der Waals surface area contributed by atoms with E-state index >= 15 is 0 Å². The molecule has 63 heavy (non-hydrogen) atoms. The summed E-state index contributed by atoms with van der Waals surface area (Å²) in [6.07, 6.45) is -1.96. The van der Waals surface area contributed by atoms with Gasteiger partial charge in [0.05, 0.1) is 36.2 Å². The zero-order valence-corrected chi connectivity index (χ0v) is 36.4. The number of aromatic nitrogens is 2. The molecule has 1 aromatic heterocycles. The molecule has 4 fully saturated rings. The Bertz CT molecular complexity index is 2300. The number of methoxy groups -OCH3 is 1. The number of benzene rings is 3.